The number of carbonyl (C=O) groups is 1. The highest BCUT2D eigenvalue weighted by atomic mass is 35.5. The molecule has 0 saturated heterocycles. The first-order valence-electron chi connectivity index (χ1n) is 6.24. The maximum absolute atomic E-state index is 10.8. The van der Waals surface area contributed by atoms with Crippen LogP contribution in [0, 0.1) is 0 Å². The molecule has 1 N–H and O–H groups in total. The van der Waals surface area contributed by atoms with E-state index in [1.807, 2.05) is 24.3 Å². The van der Waals surface area contributed by atoms with E-state index >= 15 is 0 Å². The number of carboxylic acid groups (broad SMARTS) is 1. The first-order valence-corrected chi connectivity index (χ1v) is 6.68. The van der Waals surface area contributed by atoms with Gasteiger partial charge in [-0.05, 0) is 42.7 Å². The molecule has 2 nitrogen and oxygen atoms in total. The summed E-state index contributed by atoms with van der Waals surface area (Å²) in [6.07, 6.45) is 4.37. The first-order chi connectivity index (χ1) is 8.58. The smallest absolute Gasteiger partial charge is 0.335 e. The lowest BCUT2D eigenvalue weighted by Gasteiger charge is -2.25. The van der Waals surface area contributed by atoms with Gasteiger partial charge in [-0.25, -0.2) is 4.79 Å². The Morgan fingerprint density at radius 1 is 1.17 bits per heavy atom. The summed E-state index contributed by atoms with van der Waals surface area (Å²) in [6, 6.07) is 7.72. The molecule has 0 radical (unpaired) electrons. The number of alkyl halides is 1. The van der Waals surface area contributed by atoms with Crippen molar-refractivity contribution in [1.29, 1.82) is 0 Å². The Morgan fingerprint density at radius 3 is 2.22 bits per heavy atom. The quantitative estimate of drug-likeness (QED) is 0.661. The minimum absolute atomic E-state index is 0.144. The number of carboxylic acids is 1. The van der Waals surface area contributed by atoms with E-state index in [2.05, 4.69) is 6.58 Å². The molecule has 0 aliphatic heterocycles. The Hall–Kier alpha value is -1.28. The fraction of sp³-hybridized carbons (Fsp3) is 0.400. The van der Waals surface area contributed by atoms with Crippen molar-refractivity contribution in [3.8, 4) is 0 Å². The monoisotopic (exact) mass is 264 g/mol. The Balaban J connectivity index is 2.08. The van der Waals surface area contributed by atoms with Gasteiger partial charge in [-0.2, -0.15) is 0 Å². The van der Waals surface area contributed by atoms with Gasteiger partial charge in [0.05, 0.1) is 5.57 Å². The van der Waals surface area contributed by atoms with Crippen LogP contribution in [-0.4, -0.2) is 16.5 Å². The van der Waals surface area contributed by atoms with Gasteiger partial charge in [0, 0.05) is 5.38 Å². The molecule has 0 bridgehead atoms. The summed E-state index contributed by atoms with van der Waals surface area (Å²) in [5, 5.41) is 9.19. The van der Waals surface area contributed by atoms with Gasteiger partial charge >= 0.3 is 5.97 Å². The Morgan fingerprint density at radius 2 is 1.72 bits per heavy atom. The number of halogens is 1. The van der Waals surface area contributed by atoms with Crippen molar-refractivity contribution in [2.24, 2.45) is 0 Å². The third-order valence-corrected chi connectivity index (χ3v) is 4.08. The molecular formula is C15H17ClO2. The molecule has 3 heteroatoms. The maximum atomic E-state index is 10.8. The van der Waals surface area contributed by atoms with Gasteiger partial charge < -0.3 is 5.11 Å². The molecule has 0 atom stereocenters. The number of rotatable bonds is 3. The van der Waals surface area contributed by atoms with Crippen LogP contribution in [0.2, 0.25) is 0 Å². The fourth-order valence-electron chi connectivity index (χ4n) is 2.47. The first kappa shape index (κ1) is 13.2. The van der Waals surface area contributed by atoms with E-state index in [0.29, 0.717) is 16.9 Å². The van der Waals surface area contributed by atoms with E-state index < -0.39 is 5.97 Å². The van der Waals surface area contributed by atoms with Crippen molar-refractivity contribution in [3.63, 3.8) is 0 Å². The molecule has 1 aliphatic carbocycles. The molecule has 96 valence electrons. The van der Waals surface area contributed by atoms with Crippen LogP contribution in [0.4, 0.5) is 0 Å². The van der Waals surface area contributed by atoms with E-state index in [9.17, 15) is 4.79 Å². The largest absolute Gasteiger partial charge is 0.478 e. The number of benzene rings is 1. The lowest BCUT2D eigenvalue weighted by Crippen LogP contribution is -2.12. The second kappa shape index (κ2) is 5.57. The molecule has 18 heavy (non-hydrogen) atoms. The topological polar surface area (TPSA) is 37.3 Å². The van der Waals surface area contributed by atoms with Crippen LogP contribution >= 0.6 is 11.6 Å². The van der Waals surface area contributed by atoms with Crippen molar-refractivity contribution >= 4 is 23.1 Å². The zero-order valence-corrected chi connectivity index (χ0v) is 11.0. The summed E-state index contributed by atoms with van der Waals surface area (Å²) in [5.74, 6) is -0.405. The zero-order chi connectivity index (χ0) is 13.1. The molecule has 1 aliphatic rings. The standard InChI is InChI=1S/C15H17ClO2/c1-10(15(17)18)11-2-4-12(5-3-11)13-6-8-14(16)9-7-13/h2-5,13-14H,1,6-9H2,(H,17,18). The lowest BCUT2D eigenvalue weighted by atomic mass is 9.83. The summed E-state index contributed by atoms with van der Waals surface area (Å²) in [5.41, 5.74) is 2.10. The fourth-order valence-corrected chi connectivity index (χ4v) is 2.72. The molecule has 0 aromatic heterocycles. The van der Waals surface area contributed by atoms with Crippen LogP contribution in [0.3, 0.4) is 0 Å². The minimum Gasteiger partial charge on any atom is -0.478 e. The summed E-state index contributed by atoms with van der Waals surface area (Å²) in [6.45, 7) is 3.56. The predicted octanol–water partition coefficient (Wildman–Crippen LogP) is 4.05. The Bertz CT molecular complexity index is 442. The summed E-state index contributed by atoms with van der Waals surface area (Å²) < 4.78 is 0. The van der Waals surface area contributed by atoms with Crippen molar-refractivity contribution in [3.05, 3.63) is 42.0 Å². The molecule has 1 aromatic carbocycles. The molecule has 1 fully saturated rings. The average Bonchev–Trinajstić information content (AvgIpc) is 2.39. The highest BCUT2D eigenvalue weighted by molar-refractivity contribution is 6.20. The highest BCUT2D eigenvalue weighted by Crippen LogP contribution is 2.35. The zero-order valence-electron chi connectivity index (χ0n) is 10.2. The van der Waals surface area contributed by atoms with Gasteiger partial charge in [-0.1, -0.05) is 30.8 Å². The van der Waals surface area contributed by atoms with Crippen LogP contribution in [-0.2, 0) is 4.79 Å². The molecule has 1 aromatic rings. The number of aliphatic carboxylic acids is 1. The van der Waals surface area contributed by atoms with Gasteiger partial charge in [0.15, 0.2) is 0 Å². The second-order valence-electron chi connectivity index (χ2n) is 4.85. The number of hydrogen-bond donors (Lipinski definition) is 1. The third kappa shape index (κ3) is 2.94. The summed E-state index contributed by atoms with van der Waals surface area (Å²) in [7, 11) is 0. The van der Waals surface area contributed by atoms with Crippen LogP contribution in [0.5, 0.6) is 0 Å². The van der Waals surface area contributed by atoms with E-state index in [1.165, 1.54) is 5.56 Å². The van der Waals surface area contributed by atoms with Crippen LogP contribution in [0.25, 0.3) is 5.57 Å². The summed E-state index contributed by atoms with van der Waals surface area (Å²) >= 11 is 6.09. The lowest BCUT2D eigenvalue weighted by molar-refractivity contribution is -0.130. The van der Waals surface area contributed by atoms with E-state index in [1.54, 1.807) is 0 Å². The third-order valence-electron chi connectivity index (χ3n) is 3.65. The molecule has 0 amide bonds. The molecule has 0 spiro atoms. The van der Waals surface area contributed by atoms with E-state index in [-0.39, 0.29) is 5.57 Å². The second-order valence-corrected chi connectivity index (χ2v) is 5.47. The molecule has 2 rings (SSSR count). The van der Waals surface area contributed by atoms with Gasteiger partial charge in [0.25, 0.3) is 0 Å². The van der Waals surface area contributed by atoms with Crippen LogP contribution < -0.4 is 0 Å². The molecule has 0 heterocycles. The van der Waals surface area contributed by atoms with Crippen molar-refractivity contribution < 1.29 is 9.90 Å². The van der Waals surface area contributed by atoms with E-state index in [0.717, 1.165) is 25.7 Å². The molecular weight excluding hydrogens is 248 g/mol. The van der Waals surface area contributed by atoms with Crippen LogP contribution in [0.1, 0.15) is 42.7 Å². The SMILES string of the molecule is C=C(C(=O)O)c1ccc(C2CCC(Cl)CC2)cc1. The molecule has 0 unspecified atom stereocenters. The predicted molar refractivity (Wildman–Crippen MR) is 74.0 cm³/mol. The van der Waals surface area contributed by atoms with Crippen molar-refractivity contribution in [2.75, 3.05) is 0 Å². The van der Waals surface area contributed by atoms with Gasteiger partial charge in [-0.3, -0.25) is 0 Å². The van der Waals surface area contributed by atoms with Gasteiger partial charge in [0.2, 0.25) is 0 Å². The van der Waals surface area contributed by atoms with Gasteiger partial charge in [0.1, 0.15) is 0 Å². The normalized spacial score (nSPS) is 23.6. The minimum atomic E-state index is -0.967. The Labute approximate surface area is 112 Å². The van der Waals surface area contributed by atoms with Gasteiger partial charge in [-0.15, -0.1) is 11.6 Å². The van der Waals surface area contributed by atoms with Crippen LogP contribution in [0.15, 0.2) is 30.8 Å². The average molecular weight is 265 g/mol. The highest BCUT2D eigenvalue weighted by Gasteiger charge is 2.20. The van der Waals surface area contributed by atoms with Crippen molar-refractivity contribution in [1.82, 2.24) is 0 Å². The van der Waals surface area contributed by atoms with Crippen molar-refractivity contribution in [2.45, 2.75) is 37.0 Å². The maximum Gasteiger partial charge on any atom is 0.335 e. The number of hydrogen-bond acceptors (Lipinski definition) is 1. The molecule has 1 saturated carbocycles. The summed E-state index contributed by atoms with van der Waals surface area (Å²) in [4.78, 5) is 10.8. The van der Waals surface area contributed by atoms with E-state index in [4.69, 9.17) is 16.7 Å². The Kier molecular flexibility index (Phi) is 4.07.